The molecule has 0 fully saturated rings. The highest BCUT2D eigenvalue weighted by Gasteiger charge is 2.26. The van der Waals surface area contributed by atoms with Gasteiger partial charge in [0.1, 0.15) is 0 Å². The van der Waals surface area contributed by atoms with E-state index in [1.54, 1.807) is 18.0 Å². The maximum absolute atomic E-state index is 13.1. The zero-order valence-corrected chi connectivity index (χ0v) is 20.2. The predicted molar refractivity (Wildman–Crippen MR) is 130 cm³/mol. The van der Waals surface area contributed by atoms with Gasteiger partial charge < -0.3 is 9.72 Å². The van der Waals surface area contributed by atoms with Gasteiger partial charge in [-0.15, -0.1) is 5.10 Å². The summed E-state index contributed by atoms with van der Waals surface area (Å²) < 4.78 is 7.01. The summed E-state index contributed by atoms with van der Waals surface area (Å²) in [7, 11) is 1.66. The monoisotopic (exact) mass is 461 g/mol. The van der Waals surface area contributed by atoms with Gasteiger partial charge in [-0.1, -0.05) is 19.1 Å². The average molecular weight is 462 g/mol. The van der Waals surface area contributed by atoms with E-state index < -0.39 is 0 Å². The Hall–Kier alpha value is -3.43. The van der Waals surface area contributed by atoms with E-state index in [2.05, 4.69) is 50.3 Å². The number of tetrazole rings is 1. The van der Waals surface area contributed by atoms with Crippen molar-refractivity contribution in [3.8, 4) is 0 Å². The molecule has 1 N–H and O–H groups in total. The number of aromatic nitrogens is 6. The van der Waals surface area contributed by atoms with E-state index in [-0.39, 0.29) is 11.6 Å². The van der Waals surface area contributed by atoms with Gasteiger partial charge in [0.05, 0.1) is 19.2 Å². The molecule has 0 radical (unpaired) electrons. The molecule has 4 aromatic rings. The van der Waals surface area contributed by atoms with Gasteiger partial charge in [0.2, 0.25) is 0 Å². The van der Waals surface area contributed by atoms with Crippen LogP contribution in [0.2, 0.25) is 0 Å². The molecule has 0 bridgehead atoms. The Morgan fingerprint density at radius 2 is 2.06 bits per heavy atom. The first-order chi connectivity index (χ1) is 16.5. The predicted octanol–water partition coefficient (Wildman–Crippen LogP) is 3.33. The summed E-state index contributed by atoms with van der Waals surface area (Å²) in [6.45, 7) is 8.34. The number of nitrogens with zero attached hydrogens (tertiary/aromatic N) is 6. The number of pyridine rings is 2. The van der Waals surface area contributed by atoms with Crippen molar-refractivity contribution >= 4 is 10.9 Å². The van der Waals surface area contributed by atoms with Gasteiger partial charge in [-0.05, 0) is 65.6 Å². The maximum Gasteiger partial charge on any atom is 0.252 e. The lowest BCUT2D eigenvalue weighted by Gasteiger charge is -2.30. The van der Waals surface area contributed by atoms with Crippen LogP contribution in [-0.2, 0) is 24.4 Å². The van der Waals surface area contributed by atoms with Crippen LogP contribution in [0.5, 0.6) is 0 Å². The highest BCUT2D eigenvalue weighted by Crippen LogP contribution is 2.27. The molecule has 9 nitrogen and oxygen atoms in total. The standard InChI is InChI=1S/C25H31N7O2/c1-5-23(24-28-29-30-32(24)9-10-34-4)31(15-19-7-6-8-26-14-19)16-20-13-21-18(3)11-17(2)12-22(21)27-25(20)33/h6-8,11-14,23H,5,9-10,15-16H2,1-4H3,(H,27,33). The smallest absolute Gasteiger partial charge is 0.252 e. The van der Waals surface area contributed by atoms with Crippen molar-refractivity contribution < 1.29 is 4.74 Å². The van der Waals surface area contributed by atoms with Crippen LogP contribution in [0.15, 0.2) is 47.5 Å². The van der Waals surface area contributed by atoms with Crippen molar-refractivity contribution in [3.63, 3.8) is 0 Å². The molecule has 178 valence electrons. The molecule has 0 aliphatic rings. The molecular formula is C25H31N7O2. The Labute approximate surface area is 198 Å². The average Bonchev–Trinajstić information content (AvgIpc) is 3.27. The first-order valence-corrected chi connectivity index (χ1v) is 11.5. The molecule has 3 heterocycles. The number of H-pyrrole nitrogens is 1. The first-order valence-electron chi connectivity index (χ1n) is 11.5. The third-order valence-electron chi connectivity index (χ3n) is 6.06. The molecule has 1 aromatic carbocycles. The molecule has 4 rings (SSSR count). The zero-order chi connectivity index (χ0) is 24.1. The van der Waals surface area contributed by atoms with Crippen molar-refractivity contribution in [1.29, 1.82) is 0 Å². The lowest BCUT2D eigenvalue weighted by molar-refractivity contribution is 0.150. The largest absolute Gasteiger partial charge is 0.383 e. The lowest BCUT2D eigenvalue weighted by atomic mass is 10.0. The van der Waals surface area contributed by atoms with E-state index in [1.807, 2.05) is 37.4 Å². The highest BCUT2D eigenvalue weighted by atomic mass is 16.5. The minimum Gasteiger partial charge on any atom is -0.383 e. The molecule has 9 heteroatoms. The SMILES string of the molecule is CCC(c1nnnn1CCOC)N(Cc1cccnc1)Cc1cc2c(C)cc(C)cc2[nH]c1=O. The van der Waals surface area contributed by atoms with Crippen LogP contribution in [0.4, 0.5) is 0 Å². The summed E-state index contributed by atoms with van der Waals surface area (Å²) in [5.41, 5.74) is 4.81. The molecule has 34 heavy (non-hydrogen) atoms. The Kier molecular flexibility index (Phi) is 7.44. The number of aryl methyl sites for hydroxylation is 2. The number of fused-ring (bicyclic) bond motifs is 1. The van der Waals surface area contributed by atoms with Crippen LogP contribution >= 0.6 is 0 Å². The molecule has 1 unspecified atom stereocenters. The number of ether oxygens (including phenoxy) is 1. The second-order valence-electron chi connectivity index (χ2n) is 8.61. The van der Waals surface area contributed by atoms with Gasteiger partial charge in [-0.3, -0.25) is 14.7 Å². The first kappa shape index (κ1) is 23.7. The minimum absolute atomic E-state index is 0.0810. The van der Waals surface area contributed by atoms with Crippen molar-refractivity contribution in [2.75, 3.05) is 13.7 Å². The number of rotatable bonds is 10. The van der Waals surface area contributed by atoms with E-state index in [4.69, 9.17) is 4.74 Å². The Balaban J connectivity index is 1.74. The summed E-state index contributed by atoms with van der Waals surface area (Å²) in [5, 5.41) is 13.5. The summed E-state index contributed by atoms with van der Waals surface area (Å²) in [4.78, 5) is 22.7. The van der Waals surface area contributed by atoms with Gasteiger partial charge in [0.25, 0.3) is 5.56 Å². The van der Waals surface area contributed by atoms with Crippen molar-refractivity contribution in [1.82, 2.24) is 35.1 Å². The number of benzene rings is 1. The molecule has 0 amide bonds. The molecule has 3 aromatic heterocycles. The van der Waals surface area contributed by atoms with Crippen LogP contribution in [0.1, 0.15) is 47.5 Å². The molecule has 0 saturated carbocycles. The summed E-state index contributed by atoms with van der Waals surface area (Å²) in [6.07, 6.45) is 4.39. The quantitative estimate of drug-likeness (QED) is 0.386. The fraction of sp³-hybridized carbons (Fsp3) is 0.400. The summed E-state index contributed by atoms with van der Waals surface area (Å²) in [6, 6.07) is 10.0. The fourth-order valence-electron chi connectivity index (χ4n) is 4.45. The van der Waals surface area contributed by atoms with Crippen LogP contribution in [-0.4, -0.2) is 48.8 Å². The number of hydrogen-bond acceptors (Lipinski definition) is 7. The normalized spacial score (nSPS) is 12.5. The van der Waals surface area contributed by atoms with Crippen molar-refractivity contribution in [2.45, 2.75) is 52.9 Å². The molecule has 0 aliphatic carbocycles. The Morgan fingerprint density at radius 1 is 1.21 bits per heavy atom. The second-order valence-corrected chi connectivity index (χ2v) is 8.61. The van der Waals surface area contributed by atoms with Gasteiger partial charge >= 0.3 is 0 Å². The molecule has 1 atom stereocenters. The summed E-state index contributed by atoms with van der Waals surface area (Å²) >= 11 is 0. The van der Waals surface area contributed by atoms with Crippen LogP contribution in [0.25, 0.3) is 10.9 Å². The molecule has 0 aliphatic heterocycles. The van der Waals surface area contributed by atoms with E-state index in [1.165, 1.54) is 0 Å². The van der Waals surface area contributed by atoms with E-state index >= 15 is 0 Å². The Morgan fingerprint density at radius 3 is 2.79 bits per heavy atom. The van der Waals surface area contributed by atoms with Crippen LogP contribution in [0.3, 0.4) is 0 Å². The molecule has 0 spiro atoms. The third-order valence-corrected chi connectivity index (χ3v) is 6.06. The highest BCUT2D eigenvalue weighted by molar-refractivity contribution is 5.83. The fourth-order valence-corrected chi connectivity index (χ4v) is 4.45. The van der Waals surface area contributed by atoms with E-state index in [9.17, 15) is 4.79 Å². The van der Waals surface area contributed by atoms with E-state index in [0.29, 0.717) is 31.8 Å². The number of nitrogens with one attached hydrogen (secondary N) is 1. The Bertz CT molecular complexity index is 1300. The summed E-state index contributed by atoms with van der Waals surface area (Å²) in [5.74, 6) is 0.757. The molecular weight excluding hydrogens is 430 g/mol. The lowest BCUT2D eigenvalue weighted by Crippen LogP contribution is -2.32. The van der Waals surface area contributed by atoms with Gasteiger partial charge in [0, 0.05) is 49.1 Å². The topological polar surface area (TPSA) is 102 Å². The zero-order valence-electron chi connectivity index (χ0n) is 20.2. The third kappa shape index (κ3) is 5.21. The van der Waals surface area contributed by atoms with Crippen molar-refractivity contribution in [2.24, 2.45) is 0 Å². The maximum atomic E-state index is 13.1. The van der Waals surface area contributed by atoms with E-state index in [0.717, 1.165) is 39.8 Å². The van der Waals surface area contributed by atoms with Crippen LogP contribution < -0.4 is 5.56 Å². The van der Waals surface area contributed by atoms with Gasteiger partial charge in [0.15, 0.2) is 5.82 Å². The number of aromatic amines is 1. The van der Waals surface area contributed by atoms with Gasteiger partial charge in [-0.2, -0.15) is 0 Å². The second kappa shape index (κ2) is 10.7. The number of hydrogen-bond donors (Lipinski definition) is 1. The molecule has 0 saturated heterocycles. The van der Waals surface area contributed by atoms with Crippen LogP contribution in [0, 0.1) is 13.8 Å². The van der Waals surface area contributed by atoms with Crippen molar-refractivity contribution in [3.05, 3.63) is 81.2 Å². The van der Waals surface area contributed by atoms with Gasteiger partial charge in [-0.25, -0.2) is 4.68 Å². The number of methoxy groups -OCH3 is 1. The minimum atomic E-state index is -0.0960.